The van der Waals surface area contributed by atoms with E-state index in [1.54, 1.807) is 6.07 Å². The molecule has 1 aromatic heterocycles. The van der Waals surface area contributed by atoms with Gasteiger partial charge in [-0.15, -0.1) is 0 Å². The normalized spacial score (nSPS) is 11.4. The Morgan fingerprint density at radius 1 is 1.71 bits per heavy atom. The summed E-state index contributed by atoms with van der Waals surface area (Å²) in [6, 6.07) is 1.59. The van der Waals surface area contributed by atoms with Crippen LogP contribution in [0.4, 0.5) is 5.82 Å². The van der Waals surface area contributed by atoms with Crippen LogP contribution in [0.1, 0.15) is 26.7 Å². The van der Waals surface area contributed by atoms with Crippen LogP contribution in [0.25, 0.3) is 0 Å². The van der Waals surface area contributed by atoms with Crippen LogP contribution < -0.4 is 11.1 Å². The molecule has 1 rings (SSSR count). The summed E-state index contributed by atoms with van der Waals surface area (Å²) < 4.78 is 4.57. The van der Waals surface area contributed by atoms with Gasteiger partial charge in [0.05, 0.1) is 0 Å². The molecule has 3 N–H and O–H groups in total. The van der Waals surface area contributed by atoms with Crippen molar-refractivity contribution in [2.75, 3.05) is 5.32 Å². The molecule has 0 aromatic carbocycles. The van der Waals surface area contributed by atoms with Crippen LogP contribution in [0, 0.1) is 0 Å². The van der Waals surface area contributed by atoms with Crippen LogP contribution in [0.3, 0.4) is 0 Å². The lowest BCUT2D eigenvalue weighted by Gasteiger charge is -2.17. The summed E-state index contributed by atoms with van der Waals surface area (Å²) in [5, 5.41) is 6.16. The highest BCUT2D eigenvalue weighted by Gasteiger charge is 2.13. The van der Waals surface area contributed by atoms with Gasteiger partial charge in [0.1, 0.15) is 6.26 Å². The number of nitrogens with two attached hydrogens (primary N) is 1. The zero-order chi connectivity index (χ0) is 10.6. The Hall–Kier alpha value is -1.36. The molecule has 1 aromatic rings. The number of amides is 1. The molecule has 0 saturated carbocycles. The van der Waals surface area contributed by atoms with E-state index in [0.717, 1.165) is 0 Å². The van der Waals surface area contributed by atoms with E-state index >= 15 is 0 Å². The van der Waals surface area contributed by atoms with Gasteiger partial charge in [0.2, 0.25) is 5.91 Å². The summed E-state index contributed by atoms with van der Waals surface area (Å²) in [5.74, 6) is 0.335. The average molecular weight is 197 g/mol. The van der Waals surface area contributed by atoms with E-state index in [4.69, 9.17) is 5.73 Å². The minimum atomic E-state index is -0.318. The van der Waals surface area contributed by atoms with Crippen LogP contribution >= 0.6 is 0 Å². The van der Waals surface area contributed by atoms with Crippen LogP contribution in [0.15, 0.2) is 16.9 Å². The number of aromatic nitrogens is 1. The van der Waals surface area contributed by atoms with Gasteiger partial charge in [-0.25, -0.2) is 0 Å². The van der Waals surface area contributed by atoms with Crippen molar-refractivity contribution in [3.05, 3.63) is 12.3 Å². The molecule has 1 amide bonds. The van der Waals surface area contributed by atoms with E-state index in [9.17, 15) is 4.79 Å². The van der Waals surface area contributed by atoms with E-state index in [1.807, 2.05) is 13.8 Å². The van der Waals surface area contributed by atoms with Gasteiger partial charge in [0.25, 0.3) is 0 Å². The first-order chi connectivity index (χ1) is 6.47. The van der Waals surface area contributed by atoms with Crippen molar-refractivity contribution in [3.8, 4) is 0 Å². The van der Waals surface area contributed by atoms with Crippen molar-refractivity contribution in [1.82, 2.24) is 5.16 Å². The lowest BCUT2D eigenvalue weighted by Crippen LogP contribution is -2.33. The summed E-state index contributed by atoms with van der Waals surface area (Å²) in [7, 11) is 0. The zero-order valence-corrected chi connectivity index (χ0v) is 8.41. The summed E-state index contributed by atoms with van der Waals surface area (Å²) in [5.41, 5.74) is 5.42. The first kappa shape index (κ1) is 10.7. The third-order valence-corrected chi connectivity index (χ3v) is 1.70. The number of carbonyl (C=O) groups excluding carboxylic acids is 1. The highest BCUT2D eigenvalue weighted by molar-refractivity contribution is 5.89. The summed E-state index contributed by atoms with van der Waals surface area (Å²) in [4.78, 5) is 11.3. The summed E-state index contributed by atoms with van der Waals surface area (Å²) in [6.07, 6.45) is 2.43. The van der Waals surface area contributed by atoms with Crippen molar-refractivity contribution >= 4 is 11.7 Å². The monoisotopic (exact) mass is 197 g/mol. The van der Waals surface area contributed by atoms with Crippen LogP contribution in [0.5, 0.6) is 0 Å². The molecule has 0 aliphatic heterocycles. The average Bonchev–Trinajstić information content (AvgIpc) is 2.52. The fraction of sp³-hybridized carbons (Fsp3) is 0.556. The molecule has 0 radical (unpaired) electrons. The van der Waals surface area contributed by atoms with E-state index < -0.39 is 0 Å². The van der Waals surface area contributed by atoms with Gasteiger partial charge in [-0.2, -0.15) is 0 Å². The molecule has 0 saturated heterocycles. The van der Waals surface area contributed by atoms with Crippen LogP contribution in [0.2, 0.25) is 0 Å². The molecular formula is C9H15N3O2. The topological polar surface area (TPSA) is 81.2 Å². The molecule has 5 heteroatoms. The summed E-state index contributed by atoms with van der Waals surface area (Å²) >= 11 is 0. The quantitative estimate of drug-likeness (QED) is 0.758. The molecule has 0 fully saturated rings. The SMILES string of the molecule is CC(C)(N)CCC(=O)Nc1ccon1. The molecule has 0 spiro atoms. The van der Waals surface area contributed by atoms with E-state index in [-0.39, 0.29) is 11.4 Å². The Morgan fingerprint density at radius 3 is 2.93 bits per heavy atom. The lowest BCUT2D eigenvalue weighted by atomic mass is 10.00. The second-order valence-electron chi connectivity index (χ2n) is 3.92. The van der Waals surface area contributed by atoms with Crippen molar-refractivity contribution in [1.29, 1.82) is 0 Å². The van der Waals surface area contributed by atoms with E-state index in [0.29, 0.717) is 18.7 Å². The molecule has 0 atom stereocenters. The number of carbonyl (C=O) groups is 1. The highest BCUT2D eigenvalue weighted by Crippen LogP contribution is 2.08. The third kappa shape index (κ3) is 4.04. The first-order valence-electron chi connectivity index (χ1n) is 4.46. The largest absolute Gasteiger partial charge is 0.363 e. The fourth-order valence-electron chi connectivity index (χ4n) is 0.918. The molecule has 1 heterocycles. The maximum absolute atomic E-state index is 11.3. The predicted octanol–water partition coefficient (Wildman–Crippen LogP) is 1.13. The number of hydrogen-bond acceptors (Lipinski definition) is 4. The van der Waals surface area contributed by atoms with Crippen LogP contribution in [-0.4, -0.2) is 16.6 Å². The Kier molecular flexibility index (Phi) is 3.24. The van der Waals surface area contributed by atoms with Gasteiger partial charge in [-0.1, -0.05) is 5.16 Å². The number of nitrogens with zero attached hydrogens (tertiary/aromatic N) is 1. The van der Waals surface area contributed by atoms with Crippen molar-refractivity contribution < 1.29 is 9.32 Å². The smallest absolute Gasteiger partial charge is 0.225 e. The summed E-state index contributed by atoms with van der Waals surface area (Å²) in [6.45, 7) is 3.77. The minimum Gasteiger partial charge on any atom is -0.363 e. The minimum absolute atomic E-state index is 0.0996. The molecule has 0 aliphatic carbocycles. The maximum atomic E-state index is 11.3. The highest BCUT2D eigenvalue weighted by atomic mass is 16.5. The van der Waals surface area contributed by atoms with Gasteiger partial charge in [0, 0.05) is 18.0 Å². The lowest BCUT2D eigenvalue weighted by molar-refractivity contribution is -0.116. The van der Waals surface area contributed by atoms with E-state index in [2.05, 4.69) is 15.0 Å². The predicted molar refractivity (Wildman–Crippen MR) is 52.6 cm³/mol. The molecule has 14 heavy (non-hydrogen) atoms. The second-order valence-corrected chi connectivity index (χ2v) is 3.92. The van der Waals surface area contributed by atoms with Crippen molar-refractivity contribution in [2.24, 2.45) is 5.73 Å². The maximum Gasteiger partial charge on any atom is 0.225 e. The molecular weight excluding hydrogens is 182 g/mol. The number of rotatable bonds is 4. The number of hydrogen-bond donors (Lipinski definition) is 2. The van der Waals surface area contributed by atoms with Crippen molar-refractivity contribution in [3.63, 3.8) is 0 Å². The van der Waals surface area contributed by atoms with Gasteiger partial charge < -0.3 is 15.6 Å². The standard InChI is InChI=1S/C9H15N3O2/c1-9(2,10)5-3-8(13)11-7-4-6-14-12-7/h4,6H,3,5,10H2,1-2H3,(H,11,12,13). The van der Waals surface area contributed by atoms with Gasteiger partial charge in [0.15, 0.2) is 5.82 Å². The molecule has 0 aliphatic rings. The second kappa shape index (κ2) is 4.23. The van der Waals surface area contributed by atoms with Crippen LogP contribution in [-0.2, 0) is 4.79 Å². The van der Waals surface area contributed by atoms with Crippen molar-refractivity contribution in [2.45, 2.75) is 32.2 Å². The Labute approximate surface area is 82.6 Å². The Morgan fingerprint density at radius 2 is 2.43 bits per heavy atom. The van der Waals surface area contributed by atoms with E-state index in [1.165, 1.54) is 6.26 Å². The van der Waals surface area contributed by atoms with Gasteiger partial charge >= 0.3 is 0 Å². The molecule has 78 valence electrons. The molecule has 0 bridgehead atoms. The number of nitrogens with one attached hydrogen (secondary N) is 1. The first-order valence-corrected chi connectivity index (χ1v) is 4.46. The number of anilines is 1. The van der Waals surface area contributed by atoms with Gasteiger partial charge in [-0.05, 0) is 20.3 Å². The third-order valence-electron chi connectivity index (χ3n) is 1.70. The fourth-order valence-corrected chi connectivity index (χ4v) is 0.918. The Balaban J connectivity index is 2.30. The Bertz CT molecular complexity index is 288. The molecule has 0 unspecified atom stereocenters. The molecule has 5 nitrogen and oxygen atoms in total. The zero-order valence-electron chi connectivity index (χ0n) is 8.41. The van der Waals surface area contributed by atoms with Gasteiger partial charge in [-0.3, -0.25) is 4.79 Å².